The predicted molar refractivity (Wildman–Crippen MR) is 99.9 cm³/mol. The summed E-state index contributed by atoms with van der Waals surface area (Å²) in [5, 5.41) is 5.33. The van der Waals surface area contributed by atoms with Crippen LogP contribution in [-0.4, -0.2) is 0 Å². The average molecular weight is 301 g/mol. The topological polar surface area (TPSA) is 0 Å². The Bertz CT molecular complexity index is 876. The summed E-state index contributed by atoms with van der Waals surface area (Å²) < 4.78 is 0. The van der Waals surface area contributed by atoms with Crippen LogP contribution in [0.15, 0.2) is 84.9 Å². The second-order valence-electron chi connectivity index (χ2n) is 5.65. The summed E-state index contributed by atoms with van der Waals surface area (Å²) in [7, 11) is 0. The van der Waals surface area contributed by atoms with Crippen LogP contribution >= 0.6 is 0 Å². The lowest BCUT2D eigenvalue weighted by Crippen LogP contribution is -1.97. The van der Waals surface area contributed by atoms with Crippen LogP contribution in [0.2, 0.25) is 0 Å². The van der Waals surface area contributed by atoms with Crippen molar-refractivity contribution in [2.45, 2.75) is 5.25 Å². The highest BCUT2D eigenvalue weighted by atomic mass is 32.1. The van der Waals surface area contributed by atoms with Crippen molar-refractivity contribution in [2.75, 3.05) is 0 Å². The van der Waals surface area contributed by atoms with Gasteiger partial charge in [0.05, 0.1) is 0 Å². The van der Waals surface area contributed by atoms with Crippen molar-refractivity contribution < 1.29 is 0 Å². The molecule has 0 N–H and O–H groups in total. The van der Waals surface area contributed by atoms with Gasteiger partial charge in [0.25, 0.3) is 0 Å². The van der Waals surface area contributed by atoms with Gasteiger partial charge in [-0.3, -0.25) is 0 Å². The molecule has 0 spiro atoms. The Hall–Kier alpha value is -2.25. The molecule has 0 aromatic heterocycles. The quantitative estimate of drug-likeness (QED) is 0.452. The number of benzene rings is 4. The van der Waals surface area contributed by atoms with E-state index in [0.717, 1.165) is 0 Å². The van der Waals surface area contributed by atoms with Crippen molar-refractivity contribution in [3.05, 3.63) is 96.1 Å². The van der Waals surface area contributed by atoms with Gasteiger partial charge in [0.15, 0.2) is 5.25 Å². The van der Waals surface area contributed by atoms with Crippen LogP contribution in [0, 0.1) is 0 Å². The van der Waals surface area contributed by atoms with E-state index in [2.05, 4.69) is 97.6 Å². The number of hydrogen-bond acceptors (Lipinski definition) is 0. The summed E-state index contributed by atoms with van der Waals surface area (Å²) in [4.78, 5) is 0. The van der Waals surface area contributed by atoms with E-state index in [9.17, 15) is 0 Å². The van der Waals surface area contributed by atoms with Crippen molar-refractivity contribution in [1.29, 1.82) is 0 Å². The van der Waals surface area contributed by atoms with Crippen LogP contribution in [0.4, 0.5) is 0 Å². The molecule has 4 aromatic rings. The molecular formula is C21H17S+. The Morgan fingerprint density at radius 1 is 0.500 bits per heavy atom. The summed E-state index contributed by atoms with van der Waals surface area (Å²) in [5.74, 6) is 0. The molecule has 1 heteroatoms. The van der Waals surface area contributed by atoms with Gasteiger partial charge in [-0.1, -0.05) is 72.8 Å². The van der Waals surface area contributed by atoms with E-state index in [0.29, 0.717) is 0 Å². The largest absolute Gasteiger partial charge is 0.163 e. The highest BCUT2D eigenvalue weighted by molar-refractivity contribution is 7.59. The van der Waals surface area contributed by atoms with Crippen molar-refractivity contribution in [1.82, 2.24) is 0 Å². The van der Waals surface area contributed by atoms with Gasteiger partial charge in [-0.2, -0.15) is 0 Å². The fourth-order valence-corrected chi connectivity index (χ4v) is 3.33. The fraction of sp³-hybridized carbons (Fsp3) is 0.0476. The standard InChI is InChI=1S/C21H16S/c22-21(19-11-9-15-5-1-3-7-17(15)13-19)20-12-10-16-6-2-4-8-18(16)14-20/h1-14,21-22H/p+1. The Kier molecular flexibility index (Phi) is 3.36. The first-order valence-electron chi connectivity index (χ1n) is 7.50. The van der Waals surface area contributed by atoms with Gasteiger partial charge in [-0.05, 0) is 46.3 Å². The van der Waals surface area contributed by atoms with Gasteiger partial charge >= 0.3 is 0 Å². The van der Waals surface area contributed by atoms with Gasteiger partial charge < -0.3 is 0 Å². The number of hydrogen-bond donors (Lipinski definition) is 0. The molecule has 0 aliphatic heterocycles. The molecule has 0 heterocycles. The fourth-order valence-electron chi connectivity index (χ4n) is 2.97. The molecule has 0 aliphatic carbocycles. The average Bonchev–Trinajstić information content (AvgIpc) is 2.60. The summed E-state index contributed by atoms with van der Waals surface area (Å²) in [5.41, 5.74) is 2.57. The zero-order chi connectivity index (χ0) is 14.9. The maximum Gasteiger partial charge on any atom is 0.163 e. The summed E-state index contributed by atoms with van der Waals surface area (Å²) in [6, 6.07) is 30.3. The monoisotopic (exact) mass is 301 g/mol. The van der Waals surface area contributed by atoms with E-state index in [1.807, 2.05) is 0 Å². The first kappa shape index (κ1) is 13.4. The van der Waals surface area contributed by atoms with Gasteiger partial charge in [0.1, 0.15) is 0 Å². The lowest BCUT2D eigenvalue weighted by atomic mass is 9.98. The molecule has 0 amide bonds. The minimum absolute atomic E-state index is 0.203. The molecule has 22 heavy (non-hydrogen) atoms. The van der Waals surface area contributed by atoms with Gasteiger partial charge in [0, 0.05) is 11.1 Å². The van der Waals surface area contributed by atoms with Crippen LogP contribution in [0.25, 0.3) is 21.5 Å². The molecule has 0 saturated carbocycles. The summed E-state index contributed by atoms with van der Waals surface area (Å²) in [6.07, 6.45) is 0. The van der Waals surface area contributed by atoms with Crippen molar-refractivity contribution in [3.63, 3.8) is 0 Å². The normalized spacial score (nSPS) is 11.4. The molecular weight excluding hydrogens is 284 g/mol. The van der Waals surface area contributed by atoms with E-state index in [1.165, 1.54) is 32.7 Å². The van der Waals surface area contributed by atoms with Crippen LogP contribution in [0.5, 0.6) is 0 Å². The highest BCUT2D eigenvalue weighted by Gasteiger charge is 2.15. The minimum Gasteiger partial charge on any atom is -0.0616 e. The van der Waals surface area contributed by atoms with E-state index < -0.39 is 0 Å². The smallest absolute Gasteiger partial charge is 0.0616 e. The van der Waals surface area contributed by atoms with Crippen LogP contribution in [0.3, 0.4) is 0 Å². The van der Waals surface area contributed by atoms with Crippen LogP contribution in [0.1, 0.15) is 16.4 Å². The van der Waals surface area contributed by atoms with Gasteiger partial charge in [-0.25, -0.2) is 0 Å². The molecule has 0 radical (unpaired) electrons. The molecule has 4 rings (SSSR count). The van der Waals surface area contributed by atoms with Crippen molar-refractivity contribution in [3.8, 4) is 0 Å². The molecule has 106 valence electrons. The summed E-state index contributed by atoms with van der Waals surface area (Å²) >= 11 is 3.92. The SMILES string of the molecule is [SH2+]C(c1ccc2ccccc2c1)c1ccc2ccccc2c1. The zero-order valence-corrected chi connectivity index (χ0v) is 13.2. The molecule has 0 atom stereocenters. The van der Waals surface area contributed by atoms with Crippen LogP contribution < -0.4 is 0 Å². The molecule has 0 unspecified atom stereocenters. The molecule has 0 bridgehead atoms. The van der Waals surface area contributed by atoms with E-state index in [4.69, 9.17) is 0 Å². The number of fused-ring (bicyclic) bond motifs is 2. The molecule has 0 saturated heterocycles. The molecule has 4 aromatic carbocycles. The molecule has 0 aliphatic rings. The Morgan fingerprint density at radius 3 is 1.36 bits per heavy atom. The highest BCUT2D eigenvalue weighted by Crippen LogP contribution is 2.28. The first-order chi connectivity index (χ1) is 10.8. The summed E-state index contributed by atoms with van der Waals surface area (Å²) in [6.45, 7) is 0. The minimum atomic E-state index is 0.203. The third-order valence-corrected chi connectivity index (χ3v) is 4.88. The lowest BCUT2D eigenvalue weighted by molar-refractivity contribution is 1.18. The Morgan fingerprint density at radius 2 is 0.909 bits per heavy atom. The maximum atomic E-state index is 3.92. The first-order valence-corrected chi connectivity index (χ1v) is 8.07. The van der Waals surface area contributed by atoms with E-state index in [-0.39, 0.29) is 5.25 Å². The van der Waals surface area contributed by atoms with Gasteiger partial charge in [0.2, 0.25) is 0 Å². The second kappa shape index (κ2) is 5.51. The van der Waals surface area contributed by atoms with E-state index in [1.54, 1.807) is 0 Å². The lowest BCUT2D eigenvalue weighted by Gasteiger charge is -2.09. The predicted octanol–water partition coefficient (Wildman–Crippen LogP) is 5.09. The third kappa shape index (κ3) is 2.38. The van der Waals surface area contributed by atoms with E-state index >= 15 is 0 Å². The Labute approximate surface area is 135 Å². The second-order valence-corrected chi connectivity index (χ2v) is 6.22. The zero-order valence-electron chi connectivity index (χ0n) is 12.2. The van der Waals surface area contributed by atoms with Gasteiger partial charge in [-0.15, -0.1) is 0 Å². The van der Waals surface area contributed by atoms with Crippen LogP contribution in [-0.2, 0) is 12.6 Å². The molecule has 0 nitrogen and oxygen atoms in total. The maximum absolute atomic E-state index is 3.92. The number of rotatable bonds is 2. The van der Waals surface area contributed by atoms with Crippen molar-refractivity contribution >= 4 is 34.2 Å². The Balaban J connectivity index is 1.78. The third-order valence-electron chi connectivity index (χ3n) is 4.21. The molecule has 0 fully saturated rings. The van der Waals surface area contributed by atoms with Crippen molar-refractivity contribution in [2.24, 2.45) is 0 Å².